The zero-order valence-corrected chi connectivity index (χ0v) is 12.6. The Bertz CT molecular complexity index is 339. The van der Waals surface area contributed by atoms with E-state index in [-0.39, 0.29) is 5.54 Å². The van der Waals surface area contributed by atoms with E-state index in [4.69, 9.17) is 5.73 Å². The van der Waals surface area contributed by atoms with Crippen LogP contribution in [-0.4, -0.2) is 12.1 Å². The lowest BCUT2D eigenvalue weighted by Crippen LogP contribution is -2.44. The van der Waals surface area contributed by atoms with Crippen LogP contribution in [0.25, 0.3) is 0 Å². The summed E-state index contributed by atoms with van der Waals surface area (Å²) in [5.41, 5.74) is 8.38. The van der Waals surface area contributed by atoms with Crippen LogP contribution in [0, 0.1) is 6.92 Å². The maximum absolute atomic E-state index is 5.95. The van der Waals surface area contributed by atoms with Gasteiger partial charge in [-0.3, -0.25) is 0 Å². The first-order valence-corrected chi connectivity index (χ1v) is 7.10. The van der Waals surface area contributed by atoms with Gasteiger partial charge in [-0.15, -0.1) is 0 Å². The van der Waals surface area contributed by atoms with Crippen LogP contribution >= 0.6 is 15.9 Å². The van der Waals surface area contributed by atoms with Crippen LogP contribution in [-0.2, 0) is 0 Å². The fourth-order valence-electron chi connectivity index (χ4n) is 2.22. The first kappa shape index (κ1) is 14.5. The molecular formula is C14H23BrN2. The third kappa shape index (κ3) is 4.00. The van der Waals surface area contributed by atoms with E-state index in [9.17, 15) is 0 Å². The number of benzene rings is 1. The average Bonchev–Trinajstić information content (AvgIpc) is 2.27. The second kappa shape index (κ2) is 6.41. The van der Waals surface area contributed by atoms with Crippen molar-refractivity contribution in [2.75, 3.05) is 11.9 Å². The van der Waals surface area contributed by atoms with E-state index in [1.807, 2.05) is 0 Å². The van der Waals surface area contributed by atoms with E-state index in [1.165, 1.54) is 5.56 Å². The van der Waals surface area contributed by atoms with Gasteiger partial charge in [0.1, 0.15) is 0 Å². The number of halogens is 1. The summed E-state index contributed by atoms with van der Waals surface area (Å²) in [7, 11) is 0. The number of aryl methyl sites for hydroxylation is 1. The second-order valence-electron chi connectivity index (χ2n) is 4.73. The molecule has 3 N–H and O–H groups in total. The van der Waals surface area contributed by atoms with E-state index in [1.54, 1.807) is 0 Å². The van der Waals surface area contributed by atoms with Crippen molar-refractivity contribution in [1.82, 2.24) is 0 Å². The van der Waals surface area contributed by atoms with Gasteiger partial charge in [-0.1, -0.05) is 36.2 Å². The predicted octanol–water partition coefficient (Wildman–Crippen LogP) is 4.08. The second-order valence-corrected chi connectivity index (χ2v) is 5.65. The van der Waals surface area contributed by atoms with E-state index >= 15 is 0 Å². The summed E-state index contributed by atoms with van der Waals surface area (Å²) in [6, 6.07) is 6.39. The highest BCUT2D eigenvalue weighted by Crippen LogP contribution is 2.26. The first-order valence-electron chi connectivity index (χ1n) is 6.30. The Balaban J connectivity index is 2.92. The summed E-state index contributed by atoms with van der Waals surface area (Å²) in [4.78, 5) is 0. The van der Waals surface area contributed by atoms with Crippen molar-refractivity contribution in [1.29, 1.82) is 0 Å². The molecule has 0 heterocycles. The van der Waals surface area contributed by atoms with Crippen molar-refractivity contribution >= 4 is 21.6 Å². The third-order valence-electron chi connectivity index (χ3n) is 3.25. The standard InChI is InChI=1S/C14H23BrN2/c1-4-6-14(5-2,10-16)17-13-8-11(3)7-12(15)9-13/h7-9,17H,4-6,10,16H2,1-3H3. The fourth-order valence-corrected chi connectivity index (χ4v) is 2.83. The van der Waals surface area contributed by atoms with Gasteiger partial charge < -0.3 is 11.1 Å². The van der Waals surface area contributed by atoms with Gasteiger partial charge in [0.15, 0.2) is 0 Å². The van der Waals surface area contributed by atoms with Gasteiger partial charge in [0.2, 0.25) is 0 Å². The van der Waals surface area contributed by atoms with Crippen LogP contribution < -0.4 is 11.1 Å². The molecule has 0 radical (unpaired) electrons. The van der Waals surface area contributed by atoms with Gasteiger partial charge >= 0.3 is 0 Å². The van der Waals surface area contributed by atoms with Crippen LogP contribution in [0.2, 0.25) is 0 Å². The minimum atomic E-state index is 0.0297. The summed E-state index contributed by atoms with van der Waals surface area (Å²) in [6.45, 7) is 7.17. The SMILES string of the molecule is CCCC(CC)(CN)Nc1cc(C)cc(Br)c1. The van der Waals surface area contributed by atoms with E-state index in [0.29, 0.717) is 6.54 Å². The molecule has 1 unspecified atom stereocenters. The molecular weight excluding hydrogens is 276 g/mol. The first-order chi connectivity index (χ1) is 8.05. The molecule has 0 aliphatic rings. The predicted molar refractivity (Wildman–Crippen MR) is 79.5 cm³/mol. The molecule has 0 aliphatic carbocycles. The minimum Gasteiger partial charge on any atom is -0.378 e. The highest BCUT2D eigenvalue weighted by atomic mass is 79.9. The topological polar surface area (TPSA) is 38.0 Å². The van der Waals surface area contributed by atoms with E-state index in [2.05, 4.69) is 60.2 Å². The molecule has 0 saturated heterocycles. The molecule has 0 saturated carbocycles. The van der Waals surface area contributed by atoms with Crippen molar-refractivity contribution in [3.05, 3.63) is 28.2 Å². The maximum Gasteiger partial charge on any atom is 0.0493 e. The number of rotatable bonds is 6. The number of nitrogens with one attached hydrogen (secondary N) is 1. The van der Waals surface area contributed by atoms with Gasteiger partial charge in [-0.2, -0.15) is 0 Å². The third-order valence-corrected chi connectivity index (χ3v) is 3.71. The molecule has 0 bridgehead atoms. The van der Waals surface area contributed by atoms with Gasteiger partial charge in [-0.05, 0) is 43.5 Å². The number of hydrogen-bond donors (Lipinski definition) is 2. The van der Waals surface area contributed by atoms with Crippen molar-refractivity contribution in [3.8, 4) is 0 Å². The minimum absolute atomic E-state index is 0.0297. The summed E-state index contributed by atoms with van der Waals surface area (Å²) in [5.74, 6) is 0. The molecule has 3 heteroatoms. The monoisotopic (exact) mass is 298 g/mol. The summed E-state index contributed by atoms with van der Waals surface area (Å²) >= 11 is 3.53. The lowest BCUT2D eigenvalue weighted by Gasteiger charge is -2.34. The highest BCUT2D eigenvalue weighted by molar-refractivity contribution is 9.10. The van der Waals surface area contributed by atoms with Gasteiger partial charge in [0, 0.05) is 22.2 Å². The fraction of sp³-hybridized carbons (Fsp3) is 0.571. The lowest BCUT2D eigenvalue weighted by molar-refractivity contribution is 0.422. The molecule has 1 aromatic carbocycles. The smallest absolute Gasteiger partial charge is 0.0493 e. The van der Waals surface area contributed by atoms with Gasteiger partial charge in [0.25, 0.3) is 0 Å². The van der Waals surface area contributed by atoms with Crippen LogP contribution in [0.1, 0.15) is 38.7 Å². The quantitative estimate of drug-likeness (QED) is 0.830. The molecule has 0 aromatic heterocycles. The Labute approximate surface area is 113 Å². The Morgan fingerprint density at radius 2 is 2.00 bits per heavy atom. The van der Waals surface area contributed by atoms with Crippen LogP contribution in [0.15, 0.2) is 22.7 Å². The lowest BCUT2D eigenvalue weighted by atomic mass is 9.90. The normalized spacial score (nSPS) is 14.4. The molecule has 17 heavy (non-hydrogen) atoms. The summed E-state index contributed by atoms with van der Waals surface area (Å²) < 4.78 is 1.11. The van der Waals surface area contributed by atoms with Crippen molar-refractivity contribution in [3.63, 3.8) is 0 Å². The summed E-state index contributed by atoms with van der Waals surface area (Å²) in [5, 5.41) is 3.62. The molecule has 1 aromatic rings. The highest BCUT2D eigenvalue weighted by Gasteiger charge is 2.25. The molecule has 0 aliphatic heterocycles. The molecule has 1 atom stereocenters. The molecule has 0 spiro atoms. The Hall–Kier alpha value is -0.540. The van der Waals surface area contributed by atoms with E-state index < -0.39 is 0 Å². The number of hydrogen-bond acceptors (Lipinski definition) is 2. The summed E-state index contributed by atoms with van der Waals surface area (Å²) in [6.07, 6.45) is 3.29. The zero-order valence-electron chi connectivity index (χ0n) is 11.0. The zero-order chi connectivity index (χ0) is 12.9. The number of anilines is 1. The van der Waals surface area contributed by atoms with Crippen molar-refractivity contribution < 1.29 is 0 Å². The van der Waals surface area contributed by atoms with Crippen molar-refractivity contribution in [2.24, 2.45) is 5.73 Å². The van der Waals surface area contributed by atoms with Gasteiger partial charge in [-0.25, -0.2) is 0 Å². The van der Waals surface area contributed by atoms with Crippen LogP contribution in [0.5, 0.6) is 0 Å². The molecule has 2 nitrogen and oxygen atoms in total. The Morgan fingerprint density at radius 1 is 1.29 bits per heavy atom. The largest absolute Gasteiger partial charge is 0.378 e. The van der Waals surface area contributed by atoms with Gasteiger partial charge in [0.05, 0.1) is 0 Å². The van der Waals surface area contributed by atoms with Crippen LogP contribution in [0.4, 0.5) is 5.69 Å². The average molecular weight is 299 g/mol. The Morgan fingerprint density at radius 3 is 2.47 bits per heavy atom. The maximum atomic E-state index is 5.95. The molecule has 1 rings (SSSR count). The van der Waals surface area contributed by atoms with Crippen molar-refractivity contribution in [2.45, 2.75) is 45.6 Å². The van der Waals surface area contributed by atoms with Crippen LogP contribution in [0.3, 0.4) is 0 Å². The number of nitrogens with two attached hydrogens (primary N) is 1. The van der Waals surface area contributed by atoms with E-state index in [0.717, 1.165) is 29.4 Å². The molecule has 0 amide bonds. The Kier molecular flexibility index (Phi) is 5.47. The molecule has 96 valence electrons. The molecule has 0 fully saturated rings.